The third-order valence-electron chi connectivity index (χ3n) is 4.43. The van der Waals surface area contributed by atoms with E-state index in [1.165, 1.54) is 18.4 Å². The summed E-state index contributed by atoms with van der Waals surface area (Å²) >= 11 is 0. The number of benzene rings is 1. The maximum Gasteiger partial charge on any atom is 0.320 e. The fraction of sp³-hybridized carbons (Fsp3) is 0.650. The van der Waals surface area contributed by atoms with Gasteiger partial charge in [0.1, 0.15) is 5.60 Å². The van der Waals surface area contributed by atoms with E-state index < -0.39 is 0 Å². The molecule has 1 aromatic carbocycles. The number of hydrogen-bond donors (Lipinski definition) is 1. The van der Waals surface area contributed by atoms with Gasteiger partial charge in [-0.25, -0.2) is 0 Å². The Hall–Kier alpha value is -1.35. The zero-order valence-electron chi connectivity index (χ0n) is 14.9. The molecule has 0 saturated carbocycles. The molecule has 0 radical (unpaired) electrons. The number of rotatable bonds is 12. The Morgan fingerprint density at radius 3 is 2.26 bits per heavy atom. The molecule has 0 saturated heterocycles. The lowest BCUT2D eigenvalue weighted by atomic mass is 9.84. The van der Waals surface area contributed by atoms with Crippen molar-refractivity contribution in [3.63, 3.8) is 0 Å². The van der Waals surface area contributed by atoms with Crippen molar-refractivity contribution < 1.29 is 9.53 Å². The Morgan fingerprint density at radius 1 is 1.00 bits per heavy atom. The van der Waals surface area contributed by atoms with E-state index in [0.717, 1.165) is 44.9 Å². The molecule has 23 heavy (non-hydrogen) atoms. The van der Waals surface area contributed by atoms with Crippen molar-refractivity contribution in [2.24, 2.45) is 5.73 Å². The van der Waals surface area contributed by atoms with E-state index in [4.69, 9.17) is 10.5 Å². The minimum Gasteiger partial charge on any atom is -0.458 e. The van der Waals surface area contributed by atoms with Gasteiger partial charge >= 0.3 is 5.97 Å². The molecule has 0 amide bonds. The lowest BCUT2D eigenvalue weighted by Gasteiger charge is -2.34. The van der Waals surface area contributed by atoms with E-state index in [9.17, 15) is 4.79 Å². The maximum absolute atomic E-state index is 11.9. The second kappa shape index (κ2) is 11.2. The number of hydrogen-bond acceptors (Lipinski definition) is 3. The van der Waals surface area contributed by atoms with Gasteiger partial charge in [0.25, 0.3) is 0 Å². The van der Waals surface area contributed by atoms with Gasteiger partial charge in [-0.15, -0.1) is 0 Å². The molecule has 1 atom stereocenters. The normalized spacial score (nSPS) is 13.5. The zero-order valence-corrected chi connectivity index (χ0v) is 14.9. The van der Waals surface area contributed by atoms with Crippen molar-refractivity contribution in [2.75, 3.05) is 6.54 Å². The highest BCUT2D eigenvalue weighted by molar-refractivity contribution is 5.71. The largest absolute Gasteiger partial charge is 0.458 e. The van der Waals surface area contributed by atoms with Gasteiger partial charge in [-0.2, -0.15) is 0 Å². The van der Waals surface area contributed by atoms with Crippen LogP contribution in [0.25, 0.3) is 0 Å². The van der Waals surface area contributed by atoms with E-state index >= 15 is 0 Å². The van der Waals surface area contributed by atoms with Crippen LogP contribution in [0.15, 0.2) is 30.3 Å². The van der Waals surface area contributed by atoms with Crippen molar-refractivity contribution >= 4 is 5.97 Å². The van der Waals surface area contributed by atoms with Crippen molar-refractivity contribution in [1.82, 2.24) is 0 Å². The SMILES string of the molecule is CCCCCC(CCCC)(CCc1ccccc1)OC(=O)CN. The summed E-state index contributed by atoms with van der Waals surface area (Å²) < 4.78 is 5.89. The summed E-state index contributed by atoms with van der Waals surface area (Å²) in [5.41, 5.74) is 6.44. The molecular formula is C20H33NO2. The summed E-state index contributed by atoms with van der Waals surface area (Å²) in [5, 5.41) is 0. The number of nitrogens with two attached hydrogens (primary N) is 1. The van der Waals surface area contributed by atoms with Gasteiger partial charge in [-0.3, -0.25) is 4.79 Å². The molecule has 0 aliphatic rings. The van der Waals surface area contributed by atoms with Crippen molar-refractivity contribution in [2.45, 2.75) is 77.2 Å². The van der Waals surface area contributed by atoms with E-state index in [-0.39, 0.29) is 18.1 Å². The number of aryl methyl sites for hydroxylation is 1. The van der Waals surface area contributed by atoms with Gasteiger partial charge in [-0.1, -0.05) is 63.4 Å². The minimum atomic E-state index is -0.350. The molecule has 1 aromatic rings. The fourth-order valence-electron chi connectivity index (χ4n) is 3.02. The summed E-state index contributed by atoms with van der Waals surface area (Å²) in [7, 11) is 0. The summed E-state index contributed by atoms with van der Waals surface area (Å²) in [4.78, 5) is 11.9. The Morgan fingerprint density at radius 2 is 1.65 bits per heavy atom. The van der Waals surface area contributed by atoms with Crippen LogP contribution in [-0.4, -0.2) is 18.1 Å². The van der Waals surface area contributed by atoms with Gasteiger partial charge in [0.15, 0.2) is 0 Å². The second-order valence-electron chi connectivity index (χ2n) is 6.41. The highest BCUT2D eigenvalue weighted by atomic mass is 16.6. The number of carbonyl (C=O) groups is 1. The van der Waals surface area contributed by atoms with Crippen LogP contribution in [0.1, 0.15) is 70.8 Å². The number of ether oxygens (including phenoxy) is 1. The molecule has 0 spiro atoms. The van der Waals surface area contributed by atoms with E-state index in [1.54, 1.807) is 0 Å². The maximum atomic E-state index is 11.9. The molecule has 0 heterocycles. The molecule has 1 rings (SSSR count). The lowest BCUT2D eigenvalue weighted by molar-refractivity contribution is -0.161. The monoisotopic (exact) mass is 319 g/mol. The first-order chi connectivity index (χ1) is 11.2. The van der Waals surface area contributed by atoms with Crippen LogP contribution in [0.5, 0.6) is 0 Å². The molecule has 2 N–H and O–H groups in total. The summed E-state index contributed by atoms with van der Waals surface area (Å²) in [6, 6.07) is 10.4. The summed E-state index contributed by atoms with van der Waals surface area (Å²) in [5.74, 6) is -0.273. The van der Waals surface area contributed by atoms with Crippen molar-refractivity contribution in [1.29, 1.82) is 0 Å². The summed E-state index contributed by atoms with van der Waals surface area (Å²) in [6.45, 7) is 4.34. The van der Waals surface area contributed by atoms with Crippen LogP contribution >= 0.6 is 0 Å². The van der Waals surface area contributed by atoms with Crippen LogP contribution in [0, 0.1) is 0 Å². The number of esters is 1. The first-order valence-electron chi connectivity index (χ1n) is 9.11. The number of carbonyl (C=O) groups excluding carboxylic acids is 1. The minimum absolute atomic E-state index is 0.0347. The first kappa shape index (κ1) is 19.7. The van der Waals surface area contributed by atoms with Gasteiger partial charge in [0, 0.05) is 0 Å². The Balaban J connectivity index is 2.81. The molecule has 1 unspecified atom stereocenters. The Bertz CT molecular complexity index is 433. The van der Waals surface area contributed by atoms with E-state index in [0.29, 0.717) is 0 Å². The predicted octanol–water partition coefficient (Wildman–Crippen LogP) is 4.63. The molecule has 0 bridgehead atoms. The standard InChI is InChI=1S/C20H33NO2/c1-3-5-10-15-20(14-6-4-2,23-19(22)17-21)16-13-18-11-8-7-9-12-18/h7-9,11-12H,3-6,10,13-17,21H2,1-2H3. The van der Waals surface area contributed by atoms with Gasteiger partial charge < -0.3 is 10.5 Å². The third kappa shape index (κ3) is 7.65. The predicted molar refractivity (Wildman–Crippen MR) is 96.3 cm³/mol. The van der Waals surface area contributed by atoms with E-state index in [2.05, 4.69) is 38.1 Å². The van der Waals surface area contributed by atoms with E-state index in [1.807, 2.05) is 6.07 Å². The Labute approximate surface area is 141 Å². The molecule has 3 heteroatoms. The molecular weight excluding hydrogens is 286 g/mol. The fourth-order valence-corrected chi connectivity index (χ4v) is 3.02. The van der Waals surface area contributed by atoms with Crippen molar-refractivity contribution in [3.8, 4) is 0 Å². The van der Waals surface area contributed by atoms with Gasteiger partial charge in [0.05, 0.1) is 6.54 Å². The third-order valence-corrected chi connectivity index (χ3v) is 4.43. The lowest BCUT2D eigenvalue weighted by Crippen LogP contribution is -2.38. The van der Waals surface area contributed by atoms with Crippen molar-refractivity contribution in [3.05, 3.63) is 35.9 Å². The molecule has 130 valence electrons. The molecule has 3 nitrogen and oxygen atoms in total. The average molecular weight is 319 g/mol. The molecule has 0 aliphatic carbocycles. The number of unbranched alkanes of at least 4 members (excludes halogenated alkanes) is 3. The van der Waals surface area contributed by atoms with Gasteiger partial charge in [-0.05, 0) is 44.1 Å². The van der Waals surface area contributed by atoms with Crippen LogP contribution in [0.3, 0.4) is 0 Å². The molecule has 0 fully saturated rings. The van der Waals surface area contributed by atoms with Crippen LogP contribution in [0.4, 0.5) is 0 Å². The van der Waals surface area contributed by atoms with Crippen LogP contribution in [-0.2, 0) is 16.0 Å². The van der Waals surface area contributed by atoms with Gasteiger partial charge in [0.2, 0.25) is 0 Å². The average Bonchev–Trinajstić information content (AvgIpc) is 2.59. The zero-order chi connectivity index (χ0) is 17.0. The summed E-state index contributed by atoms with van der Waals surface area (Å²) in [6.07, 6.45) is 9.35. The van der Waals surface area contributed by atoms with Crippen LogP contribution in [0.2, 0.25) is 0 Å². The quantitative estimate of drug-likeness (QED) is 0.451. The Kier molecular flexibility index (Phi) is 9.61. The highest BCUT2D eigenvalue weighted by Crippen LogP contribution is 2.31. The second-order valence-corrected chi connectivity index (χ2v) is 6.41. The van der Waals surface area contributed by atoms with Crippen LogP contribution < -0.4 is 5.73 Å². The highest BCUT2D eigenvalue weighted by Gasteiger charge is 2.32. The molecule has 0 aliphatic heterocycles. The molecule has 0 aromatic heterocycles. The first-order valence-corrected chi connectivity index (χ1v) is 9.11. The topological polar surface area (TPSA) is 52.3 Å². The smallest absolute Gasteiger partial charge is 0.320 e.